The molecule has 0 aliphatic carbocycles. The van der Waals surface area contributed by atoms with Gasteiger partial charge in [0.15, 0.2) is 0 Å². The van der Waals surface area contributed by atoms with Crippen LogP contribution in [0.25, 0.3) is 0 Å². The average molecular weight is 180 g/mol. The zero-order valence-corrected chi connectivity index (χ0v) is 8.16. The molecule has 1 rings (SSSR count). The molecule has 0 atom stereocenters. The van der Waals surface area contributed by atoms with Crippen molar-refractivity contribution in [3.05, 3.63) is 34.2 Å². The van der Waals surface area contributed by atoms with Crippen LogP contribution in [0.3, 0.4) is 0 Å². The highest BCUT2D eigenvalue weighted by Crippen LogP contribution is 2.01. The summed E-state index contributed by atoms with van der Waals surface area (Å²) in [5.74, 6) is 0. The molecule has 0 unspecified atom stereocenters. The Morgan fingerprint density at radius 2 is 2.23 bits per heavy atom. The van der Waals surface area contributed by atoms with E-state index in [2.05, 4.69) is 0 Å². The standard InChI is InChI=1S/C10H16N2O/c1-8(2)12-6-4-9(3-5-11)7-10(12)13/h4,6-8H,3,5,11H2,1-2H3. The number of aromatic nitrogens is 1. The molecule has 0 amide bonds. The van der Waals surface area contributed by atoms with E-state index in [0.717, 1.165) is 12.0 Å². The molecule has 1 aromatic rings. The van der Waals surface area contributed by atoms with Gasteiger partial charge in [0.25, 0.3) is 5.56 Å². The van der Waals surface area contributed by atoms with Gasteiger partial charge in [0, 0.05) is 18.3 Å². The molecule has 0 saturated heterocycles. The number of pyridine rings is 1. The smallest absolute Gasteiger partial charge is 0.251 e. The van der Waals surface area contributed by atoms with Gasteiger partial charge in [-0.15, -0.1) is 0 Å². The summed E-state index contributed by atoms with van der Waals surface area (Å²) < 4.78 is 1.71. The van der Waals surface area contributed by atoms with E-state index in [0.29, 0.717) is 6.54 Å². The number of nitrogens with two attached hydrogens (primary N) is 1. The molecular formula is C10H16N2O. The molecule has 3 nitrogen and oxygen atoms in total. The van der Waals surface area contributed by atoms with Gasteiger partial charge in [0.05, 0.1) is 0 Å². The average Bonchev–Trinajstić information content (AvgIpc) is 2.04. The highest BCUT2D eigenvalue weighted by molar-refractivity contribution is 5.11. The zero-order valence-electron chi connectivity index (χ0n) is 8.16. The largest absolute Gasteiger partial charge is 0.330 e. The monoisotopic (exact) mass is 180 g/mol. The van der Waals surface area contributed by atoms with Gasteiger partial charge in [0.2, 0.25) is 0 Å². The van der Waals surface area contributed by atoms with E-state index in [-0.39, 0.29) is 11.6 Å². The third kappa shape index (κ3) is 2.42. The number of hydrogen-bond acceptors (Lipinski definition) is 2. The summed E-state index contributed by atoms with van der Waals surface area (Å²) in [5, 5.41) is 0. The lowest BCUT2D eigenvalue weighted by Gasteiger charge is -2.09. The van der Waals surface area contributed by atoms with Gasteiger partial charge < -0.3 is 10.3 Å². The van der Waals surface area contributed by atoms with E-state index >= 15 is 0 Å². The first-order chi connectivity index (χ1) is 6.15. The fourth-order valence-electron chi connectivity index (χ4n) is 1.28. The fourth-order valence-corrected chi connectivity index (χ4v) is 1.28. The molecule has 13 heavy (non-hydrogen) atoms. The highest BCUT2D eigenvalue weighted by Gasteiger charge is 2.00. The third-order valence-corrected chi connectivity index (χ3v) is 2.00. The maximum absolute atomic E-state index is 11.5. The van der Waals surface area contributed by atoms with Crippen LogP contribution in [0, 0.1) is 0 Å². The Hall–Kier alpha value is -1.09. The van der Waals surface area contributed by atoms with Crippen molar-refractivity contribution in [1.29, 1.82) is 0 Å². The van der Waals surface area contributed by atoms with Crippen LogP contribution in [0.1, 0.15) is 25.5 Å². The van der Waals surface area contributed by atoms with Crippen LogP contribution in [0.5, 0.6) is 0 Å². The molecule has 1 aromatic heterocycles. The Morgan fingerprint density at radius 3 is 2.69 bits per heavy atom. The maximum Gasteiger partial charge on any atom is 0.251 e. The topological polar surface area (TPSA) is 48.0 Å². The Balaban J connectivity index is 2.99. The first kappa shape index (κ1) is 9.99. The molecule has 1 heterocycles. The van der Waals surface area contributed by atoms with Gasteiger partial charge in [-0.25, -0.2) is 0 Å². The van der Waals surface area contributed by atoms with Crippen LogP contribution in [-0.2, 0) is 6.42 Å². The zero-order chi connectivity index (χ0) is 9.84. The second-order valence-electron chi connectivity index (χ2n) is 3.41. The van der Waals surface area contributed by atoms with E-state index in [1.54, 1.807) is 10.6 Å². The summed E-state index contributed by atoms with van der Waals surface area (Å²) in [5.41, 5.74) is 6.47. The summed E-state index contributed by atoms with van der Waals surface area (Å²) in [4.78, 5) is 11.5. The summed E-state index contributed by atoms with van der Waals surface area (Å²) >= 11 is 0. The van der Waals surface area contributed by atoms with Crippen molar-refractivity contribution in [2.75, 3.05) is 6.54 Å². The summed E-state index contributed by atoms with van der Waals surface area (Å²) in [6.45, 7) is 4.57. The minimum atomic E-state index is 0.0564. The van der Waals surface area contributed by atoms with Gasteiger partial charge in [0.1, 0.15) is 0 Å². The first-order valence-corrected chi connectivity index (χ1v) is 4.56. The molecule has 0 aliphatic rings. The molecule has 0 radical (unpaired) electrons. The first-order valence-electron chi connectivity index (χ1n) is 4.56. The lowest BCUT2D eigenvalue weighted by molar-refractivity contribution is 0.577. The summed E-state index contributed by atoms with van der Waals surface area (Å²) in [7, 11) is 0. The van der Waals surface area contributed by atoms with Crippen molar-refractivity contribution in [2.45, 2.75) is 26.3 Å². The van der Waals surface area contributed by atoms with Gasteiger partial charge in [-0.05, 0) is 38.4 Å². The van der Waals surface area contributed by atoms with Crippen molar-refractivity contribution < 1.29 is 0 Å². The molecule has 0 spiro atoms. The van der Waals surface area contributed by atoms with Crippen molar-refractivity contribution in [2.24, 2.45) is 5.73 Å². The van der Waals surface area contributed by atoms with Crippen molar-refractivity contribution in [3.8, 4) is 0 Å². The molecule has 0 aliphatic heterocycles. The second kappa shape index (κ2) is 4.23. The fraction of sp³-hybridized carbons (Fsp3) is 0.500. The minimum absolute atomic E-state index is 0.0564. The van der Waals surface area contributed by atoms with Gasteiger partial charge in [-0.1, -0.05) is 0 Å². The van der Waals surface area contributed by atoms with Crippen LogP contribution < -0.4 is 11.3 Å². The van der Waals surface area contributed by atoms with E-state index in [1.165, 1.54) is 0 Å². The Labute approximate surface area is 78.2 Å². The molecular weight excluding hydrogens is 164 g/mol. The summed E-state index contributed by atoms with van der Waals surface area (Å²) in [6.07, 6.45) is 2.60. The quantitative estimate of drug-likeness (QED) is 0.752. The lowest BCUT2D eigenvalue weighted by atomic mass is 10.2. The van der Waals surface area contributed by atoms with Gasteiger partial charge >= 0.3 is 0 Å². The van der Waals surface area contributed by atoms with Crippen LogP contribution in [0.15, 0.2) is 23.1 Å². The van der Waals surface area contributed by atoms with Crippen molar-refractivity contribution in [1.82, 2.24) is 4.57 Å². The van der Waals surface area contributed by atoms with Gasteiger partial charge in [-0.2, -0.15) is 0 Å². The van der Waals surface area contributed by atoms with Crippen LogP contribution >= 0.6 is 0 Å². The van der Waals surface area contributed by atoms with Crippen molar-refractivity contribution >= 4 is 0 Å². The Bertz CT molecular complexity index is 328. The maximum atomic E-state index is 11.5. The number of hydrogen-bond donors (Lipinski definition) is 1. The minimum Gasteiger partial charge on any atom is -0.330 e. The second-order valence-corrected chi connectivity index (χ2v) is 3.41. The van der Waals surface area contributed by atoms with Crippen LogP contribution in [0.2, 0.25) is 0 Å². The number of rotatable bonds is 3. The summed E-state index contributed by atoms with van der Waals surface area (Å²) in [6, 6.07) is 3.83. The predicted molar refractivity (Wildman–Crippen MR) is 53.8 cm³/mol. The molecule has 0 aromatic carbocycles. The van der Waals surface area contributed by atoms with E-state index in [4.69, 9.17) is 5.73 Å². The molecule has 2 N–H and O–H groups in total. The van der Waals surface area contributed by atoms with E-state index < -0.39 is 0 Å². The Morgan fingerprint density at radius 1 is 1.54 bits per heavy atom. The van der Waals surface area contributed by atoms with Gasteiger partial charge in [-0.3, -0.25) is 4.79 Å². The third-order valence-electron chi connectivity index (χ3n) is 2.00. The molecule has 72 valence electrons. The Kier molecular flexibility index (Phi) is 3.25. The normalized spacial score (nSPS) is 10.8. The highest BCUT2D eigenvalue weighted by atomic mass is 16.1. The molecule has 0 bridgehead atoms. The lowest BCUT2D eigenvalue weighted by Crippen LogP contribution is -2.21. The molecule has 0 fully saturated rings. The molecule has 3 heteroatoms. The predicted octanol–water partition coefficient (Wildman–Crippen LogP) is 0.930. The van der Waals surface area contributed by atoms with Crippen molar-refractivity contribution in [3.63, 3.8) is 0 Å². The number of nitrogens with zero attached hydrogens (tertiary/aromatic N) is 1. The van der Waals surface area contributed by atoms with E-state index in [1.807, 2.05) is 26.1 Å². The SMILES string of the molecule is CC(C)n1ccc(CCN)cc1=O. The van der Waals surface area contributed by atoms with Crippen LogP contribution in [0.4, 0.5) is 0 Å². The molecule has 0 saturated carbocycles. The van der Waals surface area contributed by atoms with Crippen LogP contribution in [-0.4, -0.2) is 11.1 Å². The van der Waals surface area contributed by atoms with E-state index in [9.17, 15) is 4.79 Å².